The number of aryl methyl sites for hydroxylation is 3. The van der Waals surface area contributed by atoms with Crippen LogP contribution in [-0.4, -0.2) is 20.9 Å². The van der Waals surface area contributed by atoms with Crippen molar-refractivity contribution in [2.24, 2.45) is 0 Å². The molecule has 4 rings (SSSR count). The molecule has 1 atom stereocenters. The lowest BCUT2D eigenvalue weighted by Gasteiger charge is -2.26. The summed E-state index contributed by atoms with van der Waals surface area (Å²) in [6, 6.07) is 9.02. The summed E-state index contributed by atoms with van der Waals surface area (Å²) in [6.07, 6.45) is 1.66. The Kier molecular flexibility index (Phi) is 3.84. The summed E-state index contributed by atoms with van der Waals surface area (Å²) in [5.41, 5.74) is 5.27. The Balaban J connectivity index is 1.78. The predicted octanol–water partition coefficient (Wildman–Crippen LogP) is 3.50. The Hall–Kier alpha value is -2.34. The van der Waals surface area contributed by atoms with Crippen molar-refractivity contribution in [2.75, 3.05) is 16.2 Å². The van der Waals surface area contributed by atoms with Crippen molar-refractivity contribution in [1.29, 1.82) is 0 Å². The fourth-order valence-corrected chi connectivity index (χ4v) is 5.19. The van der Waals surface area contributed by atoms with Gasteiger partial charge in [0.1, 0.15) is 0 Å². The molecule has 0 radical (unpaired) electrons. The van der Waals surface area contributed by atoms with Crippen LogP contribution >= 0.6 is 0 Å². The number of nitrogens with zero attached hydrogens (tertiary/aromatic N) is 1. The molecule has 26 heavy (non-hydrogen) atoms. The molecule has 0 saturated heterocycles. The van der Waals surface area contributed by atoms with Crippen molar-refractivity contribution in [1.82, 2.24) is 0 Å². The summed E-state index contributed by atoms with van der Waals surface area (Å²) < 4.78 is 28.6. The monoisotopic (exact) mass is 370 g/mol. The van der Waals surface area contributed by atoms with Gasteiger partial charge in [0.05, 0.1) is 16.5 Å². The molecule has 6 heteroatoms. The van der Waals surface area contributed by atoms with Gasteiger partial charge >= 0.3 is 0 Å². The number of anilines is 2. The second-order valence-electron chi connectivity index (χ2n) is 7.32. The Morgan fingerprint density at radius 3 is 2.46 bits per heavy atom. The molecule has 1 unspecified atom stereocenters. The highest BCUT2D eigenvalue weighted by Gasteiger charge is 2.38. The number of hydrogen-bond acceptors (Lipinski definition) is 3. The molecule has 0 aliphatic carbocycles. The second-order valence-corrected chi connectivity index (χ2v) is 9.00. The summed E-state index contributed by atoms with van der Waals surface area (Å²) in [5, 5.41) is 0. The van der Waals surface area contributed by atoms with E-state index in [1.165, 1.54) is 0 Å². The lowest BCUT2D eigenvalue weighted by Crippen LogP contribution is -2.32. The molecule has 0 bridgehead atoms. The number of hydrogen-bond donors (Lipinski definition) is 1. The van der Waals surface area contributed by atoms with Crippen LogP contribution in [0, 0.1) is 13.8 Å². The third kappa shape index (κ3) is 2.69. The molecule has 0 aromatic heterocycles. The van der Waals surface area contributed by atoms with Crippen LogP contribution in [0.2, 0.25) is 0 Å². The van der Waals surface area contributed by atoms with Gasteiger partial charge in [-0.3, -0.25) is 9.52 Å². The van der Waals surface area contributed by atoms with Crippen molar-refractivity contribution < 1.29 is 13.2 Å². The number of carbonyl (C=O) groups excluding carboxylic acids is 1. The first-order chi connectivity index (χ1) is 12.3. The maximum Gasteiger partial charge on any atom is 0.261 e. The van der Waals surface area contributed by atoms with E-state index in [1.807, 2.05) is 43.9 Å². The van der Waals surface area contributed by atoms with E-state index in [0.717, 1.165) is 47.3 Å². The lowest BCUT2D eigenvalue weighted by molar-refractivity contribution is -0.119. The average Bonchev–Trinajstić information content (AvgIpc) is 2.80. The van der Waals surface area contributed by atoms with Crippen LogP contribution in [0.4, 0.5) is 11.4 Å². The van der Waals surface area contributed by atoms with Gasteiger partial charge in [-0.2, -0.15) is 0 Å². The number of rotatable bonds is 3. The number of nitrogens with one attached hydrogen (secondary N) is 1. The Labute approximate surface area is 154 Å². The van der Waals surface area contributed by atoms with Gasteiger partial charge in [-0.25, -0.2) is 8.42 Å². The van der Waals surface area contributed by atoms with Gasteiger partial charge in [-0.1, -0.05) is 6.07 Å². The van der Waals surface area contributed by atoms with Crippen molar-refractivity contribution in [2.45, 2.75) is 44.4 Å². The Bertz CT molecular complexity index is 1010. The van der Waals surface area contributed by atoms with E-state index in [4.69, 9.17) is 0 Å². The largest absolute Gasteiger partial charge is 0.311 e. The summed E-state index contributed by atoms with van der Waals surface area (Å²) >= 11 is 0. The molecule has 2 heterocycles. The third-order valence-corrected chi connectivity index (χ3v) is 6.54. The second kappa shape index (κ2) is 5.84. The molecule has 0 spiro atoms. The average molecular weight is 370 g/mol. The minimum atomic E-state index is -3.72. The van der Waals surface area contributed by atoms with Crippen LogP contribution in [0.25, 0.3) is 0 Å². The topological polar surface area (TPSA) is 66.5 Å². The standard InChI is InChI=1S/C20H22N2O3S/c1-12-7-13(2)9-16(8-12)21-26(24,25)17-10-15-5-4-6-22-19(15)18(11-17)14(3)20(22)23/h7-11,14,21H,4-6H2,1-3H3. The third-order valence-electron chi connectivity index (χ3n) is 5.18. The van der Waals surface area contributed by atoms with Crippen LogP contribution in [-0.2, 0) is 21.2 Å². The highest BCUT2D eigenvalue weighted by atomic mass is 32.2. The van der Waals surface area contributed by atoms with E-state index in [-0.39, 0.29) is 16.7 Å². The van der Waals surface area contributed by atoms with Crippen molar-refractivity contribution in [3.8, 4) is 0 Å². The van der Waals surface area contributed by atoms with Gasteiger partial charge in [0.15, 0.2) is 0 Å². The van der Waals surface area contributed by atoms with Crippen LogP contribution in [0.15, 0.2) is 35.2 Å². The molecule has 0 saturated carbocycles. The van der Waals surface area contributed by atoms with E-state index in [2.05, 4.69) is 4.72 Å². The van der Waals surface area contributed by atoms with Crippen LogP contribution < -0.4 is 9.62 Å². The van der Waals surface area contributed by atoms with Gasteiger partial charge in [-0.05, 0) is 80.1 Å². The smallest absolute Gasteiger partial charge is 0.261 e. The molecule has 2 aromatic carbocycles. The minimum Gasteiger partial charge on any atom is -0.311 e. The maximum atomic E-state index is 13.0. The predicted molar refractivity (Wildman–Crippen MR) is 102 cm³/mol. The quantitative estimate of drug-likeness (QED) is 0.899. The number of benzene rings is 2. The Morgan fingerprint density at radius 2 is 1.77 bits per heavy atom. The molecule has 136 valence electrons. The number of sulfonamides is 1. The van der Waals surface area contributed by atoms with Gasteiger partial charge < -0.3 is 4.90 Å². The van der Waals surface area contributed by atoms with Gasteiger partial charge in [0.25, 0.3) is 10.0 Å². The van der Waals surface area contributed by atoms with E-state index >= 15 is 0 Å². The first-order valence-corrected chi connectivity index (χ1v) is 10.3. The maximum absolute atomic E-state index is 13.0. The fourth-order valence-electron chi connectivity index (χ4n) is 4.07. The zero-order valence-electron chi connectivity index (χ0n) is 15.2. The first kappa shape index (κ1) is 17.1. The van der Waals surface area contributed by atoms with Crippen LogP contribution in [0.5, 0.6) is 0 Å². The molecule has 1 amide bonds. The van der Waals surface area contributed by atoms with Crippen LogP contribution in [0.3, 0.4) is 0 Å². The number of amides is 1. The molecule has 2 aliphatic rings. The van der Waals surface area contributed by atoms with Crippen molar-refractivity contribution in [3.05, 3.63) is 52.6 Å². The van der Waals surface area contributed by atoms with E-state index < -0.39 is 10.0 Å². The minimum absolute atomic E-state index is 0.0674. The van der Waals surface area contributed by atoms with E-state index in [9.17, 15) is 13.2 Å². The SMILES string of the molecule is Cc1cc(C)cc(NS(=O)(=O)c2cc3c4c(c2)C(C)C(=O)N4CCC3)c1. The van der Waals surface area contributed by atoms with Gasteiger partial charge in [0, 0.05) is 12.2 Å². The van der Waals surface area contributed by atoms with E-state index in [1.54, 1.807) is 12.1 Å². The first-order valence-electron chi connectivity index (χ1n) is 8.85. The molecule has 1 N–H and O–H groups in total. The molecule has 5 nitrogen and oxygen atoms in total. The molecule has 2 aliphatic heterocycles. The number of carbonyl (C=O) groups is 1. The molecular weight excluding hydrogens is 348 g/mol. The van der Waals surface area contributed by atoms with Gasteiger partial charge in [-0.15, -0.1) is 0 Å². The summed E-state index contributed by atoms with van der Waals surface area (Å²) in [7, 11) is -3.72. The Morgan fingerprint density at radius 1 is 1.08 bits per heavy atom. The summed E-state index contributed by atoms with van der Waals surface area (Å²) in [6.45, 7) is 6.44. The molecule has 2 aromatic rings. The molecular formula is C20H22N2O3S. The van der Waals surface area contributed by atoms with Crippen molar-refractivity contribution >= 4 is 27.3 Å². The zero-order valence-corrected chi connectivity index (χ0v) is 16.0. The zero-order chi connectivity index (χ0) is 18.6. The molecule has 0 fully saturated rings. The summed E-state index contributed by atoms with van der Waals surface area (Å²) in [5.74, 6) is -0.226. The van der Waals surface area contributed by atoms with Gasteiger partial charge in [0.2, 0.25) is 5.91 Å². The van der Waals surface area contributed by atoms with Crippen molar-refractivity contribution in [3.63, 3.8) is 0 Å². The normalized spacial score (nSPS) is 18.8. The lowest BCUT2D eigenvalue weighted by atomic mass is 9.97. The highest BCUT2D eigenvalue weighted by Crippen LogP contribution is 2.44. The summed E-state index contributed by atoms with van der Waals surface area (Å²) in [4.78, 5) is 14.5. The highest BCUT2D eigenvalue weighted by molar-refractivity contribution is 7.92. The fraction of sp³-hybridized carbons (Fsp3) is 0.350. The van der Waals surface area contributed by atoms with E-state index in [0.29, 0.717) is 5.69 Å². The van der Waals surface area contributed by atoms with Crippen LogP contribution in [0.1, 0.15) is 41.5 Å².